The van der Waals surface area contributed by atoms with E-state index in [0.29, 0.717) is 18.1 Å². The average Bonchev–Trinajstić information content (AvgIpc) is 2.55. The van der Waals surface area contributed by atoms with E-state index in [4.69, 9.17) is 16.0 Å². The van der Waals surface area contributed by atoms with Crippen LogP contribution < -0.4 is 0 Å². The second-order valence-corrected chi connectivity index (χ2v) is 4.42. The van der Waals surface area contributed by atoms with Gasteiger partial charge in [-0.25, -0.2) is 9.37 Å². The highest BCUT2D eigenvalue weighted by atomic mass is 35.5. The van der Waals surface area contributed by atoms with Gasteiger partial charge in [0, 0.05) is 0 Å². The van der Waals surface area contributed by atoms with Crippen LogP contribution in [0.1, 0.15) is 37.3 Å². The minimum absolute atomic E-state index is 0.255. The Kier molecular flexibility index (Phi) is 1.88. The summed E-state index contributed by atoms with van der Waals surface area (Å²) in [6, 6.07) is 0. The molecule has 13 heavy (non-hydrogen) atoms. The van der Waals surface area contributed by atoms with Gasteiger partial charge in [-0.15, -0.1) is 11.6 Å². The molecule has 2 nitrogen and oxygen atoms in total. The SMILES string of the molecule is CC(Cl)c1ncc(C2(C)CC2F)o1. The topological polar surface area (TPSA) is 26.0 Å². The fourth-order valence-electron chi connectivity index (χ4n) is 1.30. The van der Waals surface area contributed by atoms with Crippen LogP contribution in [0.3, 0.4) is 0 Å². The van der Waals surface area contributed by atoms with Crippen molar-refractivity contribution in [2.45, 2.75) is 37.2 Å². The highest BCUT2D eigenvalue weighted by Crippen LogP contribution is 2.50. The van der Waals surface area contributed by atoms with Crippen LogP contribution in [0.15, 0.2) is 10.6 Å². The van der Waals surface area contributed by atoms with Gasteiger partial charge in [0.05, 0.1) is 11.6 Å². The van der Waals surface area contributed by atoms with Gasteiger partial charge in [-0.3, -0.25) is 0 Å². The molecule has 0 amide bonds. The van der Waals surface area contributed by atoms with Crippen LogP contribution in [-0.4, -0.2) is 11.2 Å². The van der Waals surface area contributed by atoms with E-state index in [2.05, 4.69) is 4.98 Å². The number of aromatic nitrogens is 1. The molecule has 0 bridgehead atoms. The lowest BCUT2D eigenvalue weighted by Gasteiger charge is -2.02. The zero-order chi connectivity index (χ0) is 9.64. The fraction of sp³-hybridized carbons (Fsp3) is 0.667. The Morgan fingerprint density at radius 1 is 1.85 bits per heavy atom. The minimum atomic E-state index is -0.793. The van der Waals surface area contributed by atoms with Crippen LogP contribution in [0.4, 0.5) is 4.39 Å². The molecule has 1 aromatic heterocycles. The van der Waals surface area contributed by atoms with Gasteiger partial charge in [0.15, 0.2) is 0 Å². The molecule has 0 radical (unpaired) electrons. The van der Waals surface area contributed by atoms with E-state index in [1.165, 1.54) is 0 Å². The van der Waals surface area contributed by atoms with Gasteiger partial charge in [0.1, 0.15) is 17.3 Å². The molecule has 4 heteroatoms. The third kappa shape index (κ3) is 1.35. The number of halogens is 2. The Labute approximate surface area is 81.1 Å². The molecule has 1 aliphatic rings. The van der Waals surface area contributed by atoms with Gasteiger partial charge < -0.3 is 4.42 Å². The summed E-state index contributed by atoms with van der Waals surface area (Å²) in [4.78, 5) is 3.99. The Morgan fingerprint density at radius 3 is 2.85 bits per heavy atom. The molecule has 3 unspecified atom stereocenters. The second kappa shape index (κ2) is 2.71. The maximum Gasteiger partial charge on any atom is 0.212 e. The van der Waals surface area contributed by atoms with E-state index < -0.39 is 11.6 Å². The van der Waals surface area contributed by atoms with Crippen molar-refractivity contribution in [1.82, 2.24) is 4.98 Å². The molecule has 1 fully saturated rings. The minimum Gasteiger partial charge on any atom is -0.443 e. The Morgan fingerprint density at radius 2 is 2.46 bits per heavy atom. The van der Waals surface area contributed by atoms with Crippen LogP contribution in [0.25, 0.3) is 0 Å². The van der Waals surface area contributed by atoms with E-state index in [9.17, 15) is 4.39 Å². The van der Waals surface area contributed by atoms with Crippen molar-refractivity contribution < 1.29 is 8.81 Å². The maximum atomic E-state index is 12.9. The van der Waals surface area contributed by atoms with Crippen molar-refractivity contribution in [1.29, 1.82) is 0 Å². The molecule has 2 rings (SSSR count). The molecule has 1 aliphatic carbocycles. The van der Waals surface area contributed by atoms with Gasteiger partial charge >= 0.3 is 0 Å². The molecule has 0 N–H and O–H groups in total. The highest BCUT2D eigenvalue weighted by molar-refractivity contribution is 6.20. The van der Waals surface area contributed by atoms with Crippen molar-refractivity contribution >= 4 is 11.6 Å². The lowest BCUT2D eigenvalue weighted by molar-refractivity contribution is 0.371. The van der Waals surface area contributed by atoms with Gasteiger partial charge in [-0.2, -0.15) is 0 Å². The van der Waals surface area contributed by atoms with Crippen molar-refractivity contribution in [2.75, 3.05) is 0 Å². The molecule has 1 saturated carbocycles. The predicted molar refractivity (Wildman–Crippen MR) is 47.6 cm³/mol. The van der Waals surface area contributed by atoms with Crippen LogP contribution >= 0.6 is 11.6 Å². The average molecular weight is 204 g/mol. The van der Waals surface area contributed by atoms with E-state index in [-0.39, 0.29) is 5.38 Å². The first kappa shape index (κ1) is 9.00. The molecule has 1 heterocycles. The molecule has 3 atom stereocenters. The smallest absolute Gasteiger partial charge is 0.212 e. The summed E-state index contributed by atoms with van der Waals surface area (Å²) in [5.41, 5.74) is -0.447. The zero-order valence-electron chi connectivity index (χ0n) is 7.55. The molecular weight excluding hydrogens is 193 g/mol. The molecule has 0 spiro atoms. The summed E-state index contributed by atoms with van der Waals surface area (Å²) in [5, 5.41) is -0.255. The fourth-order valence-corrected chi connectivity index (χ4v) is 1.40. The Balaban J connectivity index is 2.24. The Bertz CT molecular complexity index is 325. The van der Waals surface area contributed by atoms with Gasteiger partial charge in [-0.1, -0.05) is 0 Å². The van der Waals surface area contributed by atoms with E-state index >= 15 is 0 Å². The monoisotopic (exact) mass is 203 g/mol. The number of rotatable bonds is 2. The first-order chi connectivity index (χ1) is 6.04. The largest absolute Gasteiger partial charge is 0.443 e. The quantitative estimate of drug-likeness (QED) is 0.691. The van der Waals surface area contributed by atoms with Crippen molar-refractivity contribution in [3.05, 3.63) is 17.8 Å². The molecule has 72 valence electrons. The number of hydrogen-bond donors (Lipinski definition) is 0. The normalized spacial score (nSPS) is 34.6. The molecule has 0 aliphatic heterocycles. The lowest BCUT2D eigenvalue weighted by Crippen LogP contribution is -2.02. The first-order valence-electron chi connectivity index (χ1n) is 4.28. The maximum absolute atomic E-state index is 12.9. The van der Waals surface area contributed by atoms with E-state index in [1.54, 1.807) is 13.1 Å². The third-order valence-corrected chi connectivity index (χ3v) is 2.75. The Hall–Kier alpha value is -0.570. The van der Waals surface area contributed by atoms with Crippen LogP contribution in [-0.2, 0) is 5.41 Å². The second-order valence-electron chi connectivity index (χ2n) is 3.77. The van der Waals surface area contributed by atoms with Gasteiger partial charge in [0.2, 0.25) is 5.89 Å². The van der Waals surface area contributed by atoms with E-state index in [1.807, 2.05) is 6.92 Å². The van der Waals surface area contributed by atoms with Gasteiger partial charge in [0.25, 0.3) is 0 Å². The number of alkyl halides is 2. The summed E-state index contributed by atoms with van der Waals surface area (Å²) in [7, 11) is 0. The standard InChI is InChI=1S/C9H11ClFNO/c1-5(10)8-12-4-7(13-8)9(2)3-6(9)11/h4-6H,3H2,1-2H3. The molecular formula is C9H11ClFNO. The summed E-state index contributed by atoms with van der Waals surface area (Å²) < 4.78 is 18.3. The lowest BCUT2D eigenvalue weighted by atomic mass is 10.1. The summed E-state index contributed by atoms with van der Waals surface area (Å²) in [6.45, 7) is 3.61. The third-order valence-electron chi connectivity index (χ3n) is 2.56. The van der Waals surface area contributed by atoms with Crippen LogP contribution in [0.2, 0.25) is 0 Å². The summed E-state index contributed by atoms with van der Waals surface area (Å²) in [5.74, 6) is 1.08. The van der Waals surface area contributed by atoms with Crippen molar-refractivity contribution in [3.8, 4) is 0 Å². The van der Waals surface area contributed by atoms with Crippen molar-refractivity contribution in [3.63, 3.8) is 0 Å². The van der Waals surface area contributed by atoms with Crippen molar-refractivity contribution in [2.24, 2.45) is 0 Å². The zero-order valence-corrected chi connectivity index (χ0v) is 8.31. The number of nitrogens with zero attached hydrogens (tertiary/aromatic N) is 1. The molecule has 0 aromatic carbocycles. The van der Waals surface area contributed by atoms with Gasteiger partial charge in [-0.05, 0) is 20.3 Å². The highest BCUT2D eigenvalue weighted by Gasteiger charge is 2.55. The first-order valence-corrected chi connectivity index (χ1v) is 4.72. The van der Waals surface area contributed by atoms with Crippen LogP contribution in [0.5, 0.6) is 0 Å². The number of oxazole rings is 1. The van der Waals surface area contributed by atoms with Crippen LogP contribution in [0, 0.1) is 0 Å². The predicted octanol–water partition coefficient (Wildman–Crippen LogP) is 2.97. The summed E-state index contributed by atoms with van der Waals surface area (Å²) in [6.07, 6.45) is 1.31. The number of hydrogen-bond acceptors (Lipinski definition) is 2. The van der Waals surface area contributed by atoms with E-state index in [0.717, 1.165) is 0 Å². The molecule has 0 saturated heterocycles. The summed E-state index contributed by atoms with van der Waals surface area (Å²) >= 11 is 5.77. The molecule has 1 aromatic rings.